The summed E-state index contributed by atoms with van der Waals surface area (Å²) < 4.78 is 27.0. The van der Waals surface area contributed by atoms with Crippen LogP contribution < -0.4 is 5.32 Å². The van der Waals surface area contributed by atoms with Crippen LogP contribution in [0.2, 0.25) is 0 Å². The lowest BCUT2D eigenvalue weighted by atomic mass is 10.0. The van der Waals surface area contributed by atoms with Gasteiger partial charge in [0.15, 0.2) is 11.6 Å². The minimum Gasteiger partial charge on any atom is -0.316 e. The van der Waals surface area contributed by atoms with Gasteiger partial charge in [-0.3, -0.25) is 0 Å². The Labute approximate surface area is 98.6 Å². The monoisotopic (exact) mass is 234 g/mol. The maximum atomic E-state index is 13.6. The van der Waals surface area contributed by atoms with Crippen LogP contribution in [-0.2, 0) is 0 Å². The highest BCUT2D eigenvalue weighted by atomic mass is 19.2. The number of hydrogen-bond acceptors (Lipinski definition) is 2. The SMILES string of the molecule is N#Cc1ccc(C=C2CCNCC2)c(F)c1F. The molecule has 0 aliphatic carbocycles. The predicted molar refractivity (Wildman–Crippen MR) is 61.2 cm³/mol. The Morgan fingerprint density at radius 2 is 1.88 bits per heavy atom. The van der Waals surface area contributed by atoms with Crippen LogP contribution in [0.5, 0.6) is 0 Å². The van der Waals surface area contributed by atoms with Crippen LogP contribution in [0.1, 0.15) is 24.0 Å². The molecule has 1 aliphatic heterocycles. The van der Waals surface area contributed by atoms with Crippen molar-refractivity contribution in [1.82, 2.24) is 5.32 Å². The Hall–Kier alpha value is -1.73. The highest BCUT2D eigenvalue weighted by molar-refractivity contribution is 5.55. The molecule has 1 saturated heterocycles. The summed E-state index contributed by atoms with van der Waals surface area (Å²) >= 11 is 0. The second-order valence-corrected chi connectivity index (χ2v) is 3.99. The minimum atomic E-state index is -1.06. The molecule has 0 saturated carbocycles. The van der Waals surface area contributed by atoms with Crippen molar-refractivity contribution in [3.05, 3.63) is 40.5 Å². The van der Waals surface area contributed by atoms with Gasteiger partial charge in [0, 0.05) is 5.56 Å². The lowest BCUT2D eigenvalue weighted by Gasteiger charge is -2.15. The number of rotatable bonds is 1. The molecule has 4 heteroatoms. The van der Waals surface area contributed by atoms with E-state index in [0.29, 0.717) is 0 Å². The molecule has 1 aromatic carbocycles. The molecule has 17 heavy (non-hydrogen) atoms. The van der Waals surface area contributed by atoms with Crippen molar-refractivity contribution in [3.63, 3.8) is 0 Å². The van der Waals surface area contributed by atoms with E-state index in [-0.39, 0.29) is 11.1 Å². The van der Waals surface area contributed by atoms with E-state index in [1.54, 1.807) is 12.1 Å². The van der Waals surface area contributed by atoms with Gasteiger partial charge in [-0.1, -0.05) is 17.7 Å². The van der Waals surface area contributed by atoms with Crippen LogP contribution in [0.15, 0.2) is 17.7 Å². The van der Waals surface area contributed by atoms with Gasteiger partial charge < -0.3 is 5.32 Å². The standard InChI is InChI=1S/C13H12F2N2/c14-12-10(1-2-11(8-16)13(12)15)7-9-3-5-17-6-4-9/h1-2,7,17H,3-6H2. The third kappa shape index (κ3) is 2.51. The van der Waals surface area contributed by atoms with E-state index in [4.69, 9.17) is 5.26 Å². The predicted octanol–water partition coefficient (Wildman–Crippen LogP) is 2.60. The average Bonchev–Trinajstić information content (AvgIpc) is 2.37. The van der Waals surface area contributed by atoms with Crippen molar-refractivity contribution < 1.29 is 8.78 Å². The van der Waals surface area contributed by atoms with Crippen molar-refractivity contribution in [3.8, 4) is 6.07 Å². The van der Waals surface area contributed by atoms with Gasteiger partial charge in [-0.25, -0.2) is 8.78 Å². The van der Waals surface area contributed by atoms with Crippen molar-refractivity contribution in [2.24, 2.45) is 0 Å². The fourth-order valence-electron chi connectivity index (χ4n) is 1.87. The highest BCUT2D eigenvalue weighted by Gasteiger charge is 2.13. The fourth-order valence-corrected chi connectivity index (χ4v) is 1.87. The summed E-state index contributed by atoms with van der Waals surface area (Å²) in [4.78, 5) is 0. The molecule has 0 bridgehead atoms. The van der Waals surface area contributed by atoms with Crippen molar-refractivity contribution in [2.75, 3.05) is 13.1 Å². The average molecular weight is 234 g/mol. The second kappa shape index (κ2) is 5.07. The van der Waals surface area contributed by atoms with Gasteiger partial charge in [0.1, 0.15) is 6.07 Å². The first-order valence-electron chi connectivity index (χ1n) is 5.50. The molecule has 0 amide bonds. The molecule has 0 aromatic heterocycles. The summed E-state index contributed by atoms with van der Waals surface area (Å²) in [6.07, 6.45) is 3.38. The molecular weight excluding hydrogens is 222 g/mol. The molecule has 2 rings (SSSR count). The molecule has 0 unspecified atom stereocenters. The zero-order valence-electron chi connectivity index (χ0n) is 9.26. The first kappa shape index (κ1) is 11.7. The van der Waals surface area contributed by atoms with Crippen LogP contribution >= 0.6 is 0 Å². The van der Waals surface area contributed by atoms with Gasteiger partial charge in [-0.2, -0.15) is 5.26 Å². The van der Waals surface area contributed by atoms with E-state index in [2.05, 4.69) is 5.32 Å². The van der Waals surface area contributed by atoms with Crippen molar-refractivity contribution in [2.45, 2.75) is 12.8 Å². The Kier molecular flexibility index (Phi) is 3.50. The van der Waals surface area contributed by atoms with Crippen molar-refractivity contribution >= 4 is 6.08 Å². The summed E-state index contributed by atoms with van der Waals surface area (Å²) in [5.74, 6) is -1.99. The number of benzene rings is 1. The smallest absolute Gasteiger partial charge is 0.177 e. The number of piperidine rings is 1. The van der Waals surface area contributed by atoms with Crippen LogP contribution in [0, 0.1) is 23.0 Å². The van der Waals surface area contributed by atoms with Crippen LogP contribution in [0.3, 0.4) is 0 Å². The minimum absolute atomic E-state index is 0.221. The maximum absolute atomic E-state index is 13.6. The second-order valence-electron chi connectivity index (χ2n) is 3.99. The van der Waals surface area contributed by atoms with Gasteiger partial charge >= 0.3 is 0 Å². The molecule has 0 radical (unpaired) electrons. The van der Waals surface area contributed by atoms with Gasteiger partial charge in [-0.15, -0.1) is 0 Å². The molecule has 1 heterocycles. The van der Waals surface area contributed by atoms with E-state index in [1.165, 1.54) is 12.1 Å². The number of nitriles is 1. The summed E-state index contributed by atoms with van der Waals surface area (Å²) in [7, 11) is 0. The van der Waals surface area contributed by atoms with E-state index in [0.717, 1.165) is 31.5 Å². The zero-order chi connectivity index (χ0) is 12.3. The molecule has 1 N–H and O–H groups in total. The summed E-state index contributed by atoms with van der Waals surface area (Å²) in [6, 6.07) is 4.38. The highest BCUT2D eigenvalue weighted by Crippen LogP contribution is 2.21. The van der Waals surface area contributed by atoms with Gasteiger partial charge in [-0.05, 0) is 32.0 Å². The molecule has 1 aromatic rings. The lowest BCUT2D eigenvalue weighted by molar-refractivity contribution is 0.504. The number of nitrogens with one attached hydrogen (secondary N) is 1. The van der Waals surface area contributed by atoms with Crippen LogP contribution in [0.25, 0.3) is 6.08 Å². The van der Waals surface area contributed by atoms with E-state index in [1.807, 2.05) is 0 Å². The quantitative estimate of drug-likeness (QED) is 0.810. The Morgan fingerprint density at radius 3 is 2.53 bits per heavy atom. The van der Waals surface area contributed by atoms with Crippen molar-refractivity contribution in [1.29, 1.82) is 5.26 Å². The lowest BCUT2D eigenvalue weighted by Crippen LogP contribution is -2.23. The molecule has 2 nitrogen and oxygen atoms in total. The van der Waals surface area contributed by atoms with E-state index >= 15 is 0 Å². The Bertz CT molecular complexity index is 493. The molecular formula is C13H12F2N2. The molecule has 0 atom stereocenters. The van der Waals surface area contributed by atoms with E-state index < -0.39 is 11.6 Å². The van der Waals surface area contributed by atoms with Gasteiger partial charge in [0.25, 0.3) is 0 Å². The van der Waals surface area contributed by atoms with Gasteiger partial charge in [0.2, 0.25) is 0 Å². The molecule has 0 spiro atoms. The summed E-state index contributed by atoms with van der Waals surface area (Å²) in [5, 5.41) is 11.8. The maximum Gasteiger partial charge on any atom is 0.177 e. The largest absolute Gasteiger partial charge is 0.316 e. The summed E-state index contributed by atoms with van der Waals surface area (Å²) in [6.45, 7) is 1.73. The molecule has 1 fully saturated rings. The number of nitrogens with zero attached hydrogens (tertiary/aromatic N) is 1. The number of hydrogen-bond donors (Lipinski definition) is 1. The Balaban J connectivity index is 2.34. The normalized spacial score (nSPS) is 15.5. The fraction of sp³-hybridized carbons (Fsp3) is 0.308. The first-order chi connectivity index (χ1) is 8.22. The van der Waals surface area contributed by atoms with Crippen LogP contribution in [0.4, 0.5) is 8.78 Å². The number of halogens is 2. The topological polar surface area (TPSA) is 35.8 Å². The summed E-state index contributed by atoms with van der Waals surface area (Å²) in [5.41, 5.74) is 1.07. The molecule has 1 aliphatic rings. The third-order valence-electron chi connectivity index (χ3n) is 2.84. The Morgan fingerprint density at radius 1 is 1.18 bits per heavy atom. The van der Waals surface area contributed by atoms with Gasteiger partial charge in [0.05, 0.1) is 5.56 Å². The van der Waals surface area contributed by atoms with E-state index in [9.17, 15) is 8.78 Å². The third-order valence-corrected chi connectivity index (χ3v) is 2.84. The molecule has 88 valence electrons. The van der Waals surface area contributed by atoms with Crippen LogP contribution in [-0.4, -0.2) is 13.1 Å². The zero-order valence-corrected chi connectivity index (χ0v) is 9.26. The first-order valence-corrected chi connectivity index (χ1v) is 5.50.